The van der Waals surface area contributed by atoms with Gasteiger partial charge in [0.25, 0.3) is 11.5 Å². The van der Waals surface area contributed by atoms with Crippen molar-refractivity contribution in [2.75, 3.05) is 37.7 Å². The van der Waals surface area contributed by atoms with Crippen molar-refractivity contribution in [2.45, 2.75) is 20.8 Å². The number of amides is 1. The zero-order valence-electron chi connectivity index (χ0n) is 19.0. The van der Waals surface area contributed by atoms with Gasteiger partial charge in [0.1, 0.15) is 5.56 Å². The lowest BCUT2D eigenvalue weighted by Gasteiger charge is -2.37. The van der Waals surface area contributed by atoms with Gasteiger partial charge in [0, 0.05) is 38.6 Å². The monoisotopic (exact) mass is 455 g/mol. The summed E-state index contributed by atoms with van der Waals surface area (Å²) in [7, 11) is 1.66. The van der Waals surface area contributed by atoms with Crippen LogP contribution in [-0.4, -0.2) is 54.1 Å². The van der Waals surface area contributed by atoms with Gasteiger partial charge in [0.2, 0.25) is 0 Å². The van der Waals surface area contributed by atoms with E-state index >= 15 is 0 Å². The highest BCUT2D eigenvalue weighted by Gasteiger charge is 2.29. The molecule has 0 saturated carbocycles. The summed E-state index contributed by atoms with van der Waals surface area (Å²) in [6, 6.07) is 11.2. The number of aryl methyl sites for hydroxylation is 1. The lowest BCUT2D eigenvalue weighted by molar-refractivity contribution is 0.0523. The molecule has 3 aromatic rings. The van der Waals surface area contributed by atoms with Crippen LogP contribution in [0.5, 0.6) is 0 Å². The minimum Gasteiger partial charge on any atom is -0.462 e. The second-order valence-electron chi connectivity index (χ2n) is 7.08. The van der Waals surface area contributed by atoms with E-state index in [1.54, 1.807) is 14.0 Å². The van der Waals surface area contributed by atoms with Crippen molar-refractivity contribution in [1.82, 2.24) is 9.47 Å². The minimum absolute atomic E-state index is 0.0177. The maximum atomic E-state index is 13.1. The van der Waals surface area contributed by atoms with Crippen LogP contribution in [0, 0.1) is 0 Å². The molecule has 3 heterocycles. The molecule has 0 aliphatic carbocycles. The van der Waals surface area contributed by atoms with Crippen LogP contribution in [0.2, 0.25) is 0 Å². The van der Waals surface area contributed by atoms with Crippen LogP contribution in [0.4, 0.5) is 5.69 Å². The number of fused-ring (bicyclic) bond motifs is 1. The van der Waals surface area contributed by atoms with Crippen LogP contribution < -0.4 is 10.5 Å². The van der Waals surface area contributed by atoms with E-state index in [0.29, 0.717) is 31.9 Å². The molecular weight excluding hydrogens is 426 g/mol. The number of pyridine rings is 1. The number of carbonyl (C=O) groups excluding carboxylic acids is 2. The summed E-state index contributed by atoms with van der Waals surface area (Å²) in [6.07, 6.45) is 0. The van der Waals surface area contributed by atoms with Gasteiger partial charge in [-0.25, -0.2) is 4.79 Å². The van der Waals surface area contributed by atoms with Crippen LogP contribution in [0.1, 0.15) is 40.8 Å². The van der Waals surface area contributed by atoms with Gasteiger partial charge < -0.3 is 19.1 Å². The summed E-state index contributed by atoms with van der Waals surface area (Å²) in [5, 5.41) is 2.71. The first-order valence-electron chi connectivity index (χ1n) is 10.9. The number of aromatic nitrogens is 1. The molecular formula is C24H29N3O4S. The molecule has 4 rings (SSSR count). The molecule has 1 aromatic carbocycles. The standard InChI is InChI=1S/C22H23N3O4S.C2H6/c1-3-29-22(28)18-19(15-7-4-5-8-16(15)23(2)21(18)27)24-10-12-25(13-11-24)20(26)17-9-6-14-30-17;1-2/h4-9,14H,3,10-13H2,1-2H3;1-2H3. The predicted molar refractivity (Wildman–Crippen MR) is 129 cm³/mol. The van der Waals surface area contributed by atoms with Gasteiger partial charge in [0.15, 0.2) is 0 Å². The first-order chi connectivity index (χ1) is 15.5. The Hall–Kier alpha value is -3.13. The number of carbonyl (C=O) groups is 2. The molecule has 7 nitrogen and oxygen atoms in total. The molecule has 1 fully saturated rings. The molecule has 0 unspecified atom stereocenters. The second kappa shape index (κ2) is 10.5. The van der Waals surface area contributed by atoms with Gasteiger partial charge in [-0.3, -0.25) is 9.59 Å². The van der Waals surface area contributed by atoms with Crippen molar-refractivity contribution < 1.29 is 14.3 Å². The number of ether oxygens (including phenoxy) is 1. The van der Waals surface area contributed by atoms with Gasteiger partial charge >= 0.3 is 5.97 Å². The minimum atomic E-state index is -0.615. The molecule has 0 spiro atoms. The van der Waals surface area contributed by atoms with E-state index in [9.17, 15) is 14.4 Å². The van der Waals surface area contributed by atoms with Gasteiger partial charge in [-0.05, 0) is 24.4 Å². The maximum absolute atomic E-state index is 13.1. The van der Waals surface area contributed by atoms with Crippen molar-refractivity contribution in [3.8, 4) is 0 Å². The summed E-state index contributed by atoms with van der Waals surface area (Å²) in [5.41, 5.74) is 1.02. The molecule has 2 aromatic heterocycles. The number of piperazine rings is 1. The normalized spacial score (nSPS) is 13.5. The van der Waals surface area contributed by atoms with E-state index < -0.39 is 5.97 Å². The molecule has 0 atom stereocenters. The summed E-state index contributed by atoms with van der Waals surface area (Å²) in [4.78, 5) is 43.0. The van der Waals surface area contributed by atoms with Crippen molar-refractivity contribution in [3.63, 3.8) is 0 Å². The Balaban J connectivity index is 0.00000141. The average molecular weight is 456 g/mol. The predicted octanol–water partition coefficient (Wildman–Crippen LogP) is 3.77. The molecule has 1 amide bonds. The molecule has 1 saturated heterocycles. The van der Waals surface area contributed by atoms with E-state index in [1.807, 2.05) is 65.4 Å². The van der Waals surface area contributed by atoms with E-state index in [1.165, 1.54) is 15.9 Å². The van der Waals surface area contributed by atoms with E-state index in [4.69, 9.17) is 4.74 Å². The van der Waals surface area contributed by atoms with Crippen LogP contribution in [0.3, 0.4) is 0 Å². The average Bonchev–Trinajstić information content (AvgIpc) is 3.37. The zero-order valence-corrected chi connectivity index (χ0v) is 19.8. The molecule has 1 aliphatic heterocycles. The highest BCUT2D eigenvalue weighted by molar-refractivity contribution is 7.12. The summed E-state index contributed by atoms with van der Waals surface area (Å²) >= 11 is 1.43. The second-order valence-corrected chi connectivity index (χ2v) is 8.03. The molecule has 1 aliphatic rings. The fourth-order valence-electron chi connectivity index (χ4n) is 3.88. The van der Waals surface area contributed by atoms with Crippen molar-refractivity contribution >= 4 is 39.8 Å². The SMILES string of the molecule is CC.CCOC(=O)c1c(N2CCN(C(=O)c3cccs3)CC2)c2ccccc2n(C)c1=O. The van der Waals surface area contributed by atoms with Crippen molar-refractivity contribution in [2.24, 2.45) is 7.05 Å². The fourth-order valence-corrected chi connectivity index (χ4v) is 4.58. The van der Waals surface area contributed by atoms with Crippen LogP contribution >= 0.6 is 11.3 Å². The molecule has 0 bridgehead atoms. The Kier molecular flexibility index (Phi) is 7.69. The molecule has 0 radical (unpaired) electrons. The first kappa shape index (κ1) is 23.5. The smallest absolute Gasteiger partial charge is 0.345 e. The third-order valence-corrected chi connectivity index (χ3v) is 6.23. The number of thiophene rings is 1. The van der Waals surface area contributed by atoms with Crippen LogP contribution in [0.15, 0.2) is 46.6 Å². The van der Waals surface area contributed by atoms with Crippen LogP contribution in [0.25, 0.3) is 10.9 Å². The zero-order chi connectivity index (χ0) is 23.3. The maximum Gasteiger partial charge on any atom is 0.345 e. The van der Waals surface area contributed by atoms with Crippen molar-refractivity contribution in [1.29, 1.82) is 0 Å². The third kappa shape index (κ3) is 4.41. The number of hydrogen-bond acceptors (Lipinski definition) is 6. The molecule has 0 N–H and O–H groups in total. The Labute approximate surface area is 191 Å². The molecule has 8 heteroatoms. The highest BCUT2D eigenvalue weighted by Crippen LogP contribution is 2.30. The third-order valence-electron chi connectivity index (χ3n) is 5.37. The number of para-hydroxylation sites is 1. The Morgan fingerprint density at radius 2 is 1.72 bits per heavy atom. The first-order valence-corrected chi connectivity index (χ1v) is 11.8. The highest BCUT2D eigenvalue weighted by atomic mass is 32.1. The summed E-state index contributed by atoms with van der Waals surface area (Å²) < 4.78 is 6.70. The van der Waals surface area contributed by atoms with E-state index in [0.717, 1.165) is 15.8 Å². The Morgan fingerprint density at radius 3 is 2.34 bits per heavy atom. The Bertz CT molecular complexity index is 1150. The number of nitrogens with zero attached hydrogens (tertiary/aromatic N) is 3. The van der Waals surface area contributed by atoms with E-state index in [2.05, 4.69) is 0 Å². The lowest BCUT2D eigenvalue weighted by Crippen LogP contribution is -2.49. The van der Waals surface area contributed by atoms with Gasteiger partial charge in [0.05, 0.1) is 22.7 Å². The van der Waals surface area contributed by atoms with Crippen LogP contribution in [-0.2, 0) is 11.8 Å². The van der Waals surface area contributed by atoms with Gasteiger partial charge in [-0.15, -0.1) is 11.3 Å². The van der Waals surface area contributed by atoms with E-state index in [-0.39, 0.29) is 23.6 Å². The summed E-state index contributed by atoms with van der Waals surface area (Å²) in [6.45, 7) is 8.00. The number of benzene rings is 1. The largest absolute Gasteiger partial charge is 0.462 e. The lowest BCUT2D eigenvalue weighted by atomic mass is 10.1. The summed E-state index contributed by atoms with van der Waals surface area (Å²) in [5.74, 6) is -0.597. The van der Waals surface area contributed by atoms with Crippen molar-refractivity contribution in [3.05, 3.63) is 62.6 Å². The number of esters is 1. The topological polar surface area (TPSA) is 71.8 Å². The number of hydrogen-bond donors (Lipinski definition) is 0. The number of rotatable bonds is 4. The van der Waals surface area contributed by atoms with Gasteiger partial charge in [-0.1, -0.05) is 38.1 Å². The molecule has 170 valence electrons. The molecule has 32 heavy (non-hydrogen) atoms. The van der Waals surface area contributed by atoms with Gasteiger partial charge in [-0.2, -0.15) is 0 Å². The number of anilines is 1. The quantitative estimate of drug-likeness (QED) is 0.560. The Morgan fingerprint density at radius 1 is 1.03 bits per heavy atom. The fraction of sp³-hybridized carbons (Fsp3) is 0.375.